The molecule has 1 aromatic carbocycles. The van der Waals surface area contributed by atoms with Crippen LogP contribution in [-0.4, -0.2) is 13.0 Å². The zero-order valence-electron chi connectivity index (χ0n) is 9.11. The second kappa shape index (κ2) is 5.36. The van der Waals surface area contributed by atoms with E-state index >= 15 is 0 Å². The number of hydrogen-bond acceptors (Lipinski definition) is 3. The van der Waals surface area contributed by atoms with E-state index in [1.165, 1.54) is 6.92 Å². The third-order valence-corrected chi connectivity index (χ3v) is 1.94. The third kappa shape index (κ3) is 3.59. The van der Waals surface area contributed by atoms with E-state index in [0.29, 0.717) is 0 Å². The van der Waals surface area contributed by atoms with Gasteiger partial charge in [-0.2, -0.15) is 0 Å². The molecule has 0 bridgehead atoms. The molecule has 0 saturated carbocycles. The fraction of sp³-hybridized carbons (Fsp3) is 0.364. The molecule has 0 heterocycles. The minimum absolute atomic E-state index is 0.205. The first-order valence-corrected chi connectivity index (χ1v) is 4.69. The normalized spacial score (nSPS) is 11.9. The second-order valence-corrected chi connectivity index (χ2v) is 3.19. The molecular formula is C11H15NO3. The number of ether oxygens (including phenoxy) is 1. The Morgan fingerprint density at radius 3 is 2.80 bits per heavy atom. The monoisotopic (exact) mass is 209 g/mol. The van der Waals surface area contributed by atoms with E-state index in [0.717, 1.165) is 11.3 Å². The van der Waals surface area contributed by atoms with Crippen LogP contribution in [0.3, 0.4) is 0 Å². The molecule has 1 aromatic rings. The molecule has 1 unspecified atom stereocenters. The van der Waals surface area contributed by atoms with Gasteiger partial charge in [0.1, 0.15) is 11.9 Å². The molecular weight excluding hydrogens is 194 g/mol. The molecule has 1 rings (SSSR count). The summed E-state index contributed by atoms with van der Waals surface area (Å²) < 4.78 is 5.09. The van der Waals surface area contributed by atoms with Gasteiger partial charge < -0.3 is 4.74 Å². The quantitative estimate of drug-likeness (QED) is 0.769. The SMILES string of the molecule is COc1cccc(C(C)ONC(C)=O)c1. The number of carbonyl (C=O) groups is 1. The summed E-state index contributed by atoms with van der Waals surface area (Å²) in [5.41, 5.74) is 3.25. The molecule has 0 spiro atoms. The number of amides is 1. The zero-order valence-corrected chi connectivity index (χ0v) is 9.11. The van der Waals surface area contributed by atoms with E-state index in [4.69, 9.17) is 9.57 Å². The van der Waals surface area contributed by atoms with Crippen molar-refractivity contribution in [3.8, 4) is 5.75 Å². The van der Waals surface area contributed by atoms with Gasteiger partial charge in [-0.25, -0.2) is 5.48 Å². The zero-order chi connectivity index (χ0) is 11.3. The van der Waals surface area contributed by atoms with Crippen molar-refractivity contribution < 1.29 is 14.4 Å². The average molecular weight is 209 g/mol. The lowest BCUT2D eigenvalue weighted by Crippen LogP contribution is -2.22. The summed E-state index contributed by atoms with van der Waals surface area (Å²) >= 11 is 0. The minimum Gasteiger partial charge on any atom is -0.497 e. The fourth-order valence-corrected chi connectivity index (χ4v) is 1.13. The molecule has 15 heavy (non-hydrogen) atoms. The van der Waals surface area contributed by atoms with E-state index in [-0.39, 0.29) is 12.0 Å². The van der Waals surface area contributed by atoms with Gasteiger partial charge >= 0.3 is 0 Å². The maximum atomic E-state index is 10.6. The molecule has 0 fully saturated rings. The van der Waals surface area contributed by atoms with E-state index < -0.39 is 0 Å². The molecule has 0 aliphatic carbocycles. The van der Waals surface area contributed by atoms with Crippen molar-refractivity contribution in [2.75, 3.05) is 7.11 Å². The Morgan fingerprint density at radius 1 is 1.47 bits per heavy atom. The fourth-order valence-electron chi connectivity index (χ4n) is 1.13. The van der Waals surface area contributed by atoms with Crippen molar-refractivity contribution in [1.82, 2.24) is 5.48 Å². The number of nitrogens with one attached hydrogen (secondary N) is 1. The molecule has 4 heteroatoms. The molecule has 0 radical (unpaired) electrons. The number of hydroxylamine groups is 1. The summed E-state index contributed by atoms with van der Waals surface area (Å²) in [5.74, 6) is 0.551. The van der Waals surface area contributed by atoms with Crippen LogP contribution in [-0.2, 0) is 9.63 Å². The second-order valence-electron chi connectivity index (χ2n) is 3.19. The molecule has 1 atom stereocenters. The van der Waals surface area contributed by atoms with Crippen LogP contribution < -0.4 is 10.2 Å². The van der Waals surface area contributed by atoms with Crippen molar-refractivity contribution in [1.29, 1.82) is 0 Å². The highest BCUT2D eigenvalue weighted by Crippen LogP contribution is 2.20. The number of rotatable bonds is 4. The van der Waals surface area contributed by atoms with Crippen LogP contribution in [0.25, 0.3) is 0 Å². The molecule has 4 nitrogen and oxygen atoms in total. The van der Waals surface area contributed by atoms with Crippen LogP contribution in [0.15, 0.2) is 24.3 Å². The summed E-state index contributed by atoms with van der Waals surface area (Å²) in [4.78, 5) is 15.8. The van der Waals surface area contributed by atoms with Gasteiger partial charge in [-0.15, -0.1) is 0 Å². The number of benzene rings is 1. The van der Waals surface area contributed by atoms with Gasteiger partial charge in [-0.05, 0) is 24.6 Å². The van der Waals surface area contributed by atoms with Crippen LogP contribution in [0, 0.1) is 0 Å². The maximum absolute atomic E-state index is 10.6. The lowest BCUT2D eigenvalue weighted by Gasteiger charge is -2.13. The highest BCUT2D eigenvalue weighted by Gasteiger charge is 2.07. The lowest BCUT2D eigenvalue weighted by molar-refractivity contribution is -0.135. The first-order chi connectivity index (χ1) is 7.13. The largest absolute Gasteiger partial charge is 0.497 e. The Labute approximate surface area is 89.1 Å². The Kier molecular flexibility index (Phi) is 4.12. The molecule has 82 valence electrons. The third-order valence-electron chi connectivity index (χ3n) is 1.94. The molecule has 1 amide bonds. The molecule has 0 saturated heterocycles. The summed E-state index contributed by atoms with van der Waals surface area (Å²) in [6.07, 6.45) is -0.205. The smallest absolute Gasteiger partial charge is 0.240 e. The lowest BCUT2D eigenvalue weighted by atomic mass is 10.1. The van der Waals surface area contributed by atoms with Crippen LogP contribution in [0.1, 0.15) is 25.5 Å². The Hall–Kier alpha value is -1.55. The average Bonchev–Trinajstić information content (AvgIpc) is 2.26. The van der Waals surface area contributed by atoms with Gasteiger partial charge in [0.2, 0.25) is 5.91 Å². The van der Waals surface area contributed by atoms with Crippen LogP contribution in [0.5, 0.6) is 5.75 Å². The van der Waals surface area contributed by atoms with Gasteiger partial charge in [0.15, 0.2) is 0 Å². The van der Waals surface area contributed by atoms with Crippen molar-refractivity contribution >= 4 is 5.91 Å². The Bertz CT molecular complexity index is 338. The van der Waals surface area contributed by atoms with E-state index in [1.54, 1.807) is 7.11 Å². The van der Waals surface area contributed by atoms with E-state index in [9.17, 15) is 4.79 Å². The summed E-state index contributed by atoms with van der Waals surface area (Å²) in [5, 5.41) is 0. The number of methoxy groups -OCH3 is 1. The molecule has 0 aliphatic rings. The van der Waals surface area contributed by atoms with Crippen LogP contribution >= 0.6 is 0 Å². The number of carbonyl (C=O) groups excluding carboxylic acids is 1. The van der Waals surface area contributed by atoms with Gasteiger partial charge in [-0.1, -0.05) is 12.1 Å². The van der Waals surface area contributed by atoms with Gasteiger partial charge in [0.05, 0.1) is 7.11 Å². The Balaban J connectivity index is 2.64. The predicted molar refractivity (Wildman–Crippen MR) is 56.3 cm³/mol. The maximum Gasteiger partial charge on any atom is 0.240 e. The van der Waals surface area contributed by atoms with Crippen molar-refractivity contribution in [2.24, 2.45) is 0 Å². The number of hydrogen-bond donors (Lipinski definition) is 1. The highest BCUT2D eigenvalue weighted by molar-refractivity contribution is 5.71. The van der Waals surface area contributed by atoms with Crippen molar-refractivity contribution in [2.45, 2.75) is 20.0 Å². The predicted octanol–water partition coefficient (Wildman–Crippen LogP) is 1.82. The van der Waals surface area contributed by atoms with Gasteiger partial charge in [0.25, 0.3) is 0 Å². The first kappa shape index (κ1) is 11.5. The minimum atomic E-state index is -0.218. The van der Waals surface area contributed by atoms with E-state index in [2.05, 4.69) is 5.48 Å². The van der Waals surface area contributed by atoms with Gasteiger partial charge in [-0.3, -0.25) is 9.63 Å². The van der Waals surface area contributed by atoms with Crippen molar-refractivity contribution in [3.63, 3.8) is 0 Å². The van der Waals surface area contributed by atoms with E-state index in [1.807, 2.05) is 31.2 Å². The van der Waals surface area contributed by atoms with Crippen LogP contribution in [0.4, 0.5) is 0 Å². The molecule has 0 aliphatic heterocycles. The Morgan fingerprint density at radius 2 is 2.20 bits per heavy atom. The topological polar surface area (TPSA) is 47.6 Å². The summed E-state index contributed by atoms with van der Waals surface area (Å²) in [6.45, 7) is 3.25. The molecule has 1 N–H and O–H groups in total. The summed E-state index contributed by atoms with van der Waals surface area (Å²) in [7, 11) is 1.61. The van der Waals surface area contributed by atoms with Crippen LogP contribution in [0.2, 0.25) is 0 Å². The highest BCUT2D eigenvalue weighted by atomic mass is 16.7. The first-order valence-electron chi connectivity index (χ1n) is 4.69. The standard InChI is InChI=1S/C11H15NO3/c1-8(15-12-9(2)13)10-5-4-6-11(7-10)14-3/h4-8H,1-3H3,(H,12,13). The molecule has 0 aromatic heterocycles. The summed E-state index contributed by atoms with van der Waals surface area (Å²) in [6, 6.07) is 7.51. The van der Waals surface area contributed by atoms with Crippen molar-refractivity contribution in [3.05, 3.63) is 29.8 Å². The van der Waals surface area contributed by atoms with Gasteiger partial charge in [0, 0.05) is 6.92 Å².